The Bertz CT molecular complexity index is 427. The van der Waals surface area contributed by atoms with Crippen LogP contribution in [0.25, 0.3) is 0 Å². The van der Waals surface area contributed by atoms with E-state index >= 15 is 0 Å². The highest BCUT2D eigenvalue weighted by Gasteiger charge is 2.05. The van der Waals surface area contributed by atoms with Gasteiger partial charge in [-0.15, -0.1) is 0 Å². The van der Waals surface area contributed by atoms with Crippen LogP contribution < -0.4 is 15.4 Å². The molecule has 0 atom stereocenters. The summed E-state index contributed by atoms with van der Waals surface area (Å²) in [5.41, 5.74) is 0.779. The Morgan fingerprint density at radius 3 is 2.85 bits per heavy atom. The maximum absolute atomic E-state index is 13.4. The van der Waals surface area contributed by atoms with Crippen molar-refractivity contribution in [2.75, 3.05) is 33.4 Å². The van der Waals surface area contributed by atoms with E-state index in [1.54, 1.807) is 13.2 Å². The molecule has 0 aliphatic carbocycles. The summed E-state index contributed by atoms with van der Waals surface area (Å²) in [5.74, 6) is -0.297. The molecule has 0 saturated heterocycles. The molecular formula is C14H21FN2O3. The monoisotopic (exact) mass is 284 g/mol. The van der Waals surface area contributed by atoms with Crippen LogP contribution >= 0.6 is 0 Å². The first-order chi connectivity index (χ1) is 9.65. The second-order valence-corrected chi connectivity index (χ2v) is 4.21. The first-order valence-electron chi connectivity index (χ1n) is 6.54. The first-order valence-corrected chi connectivity index (χ1v) is 6.54. The summed E-state index contributed by atoms with van der Waals surface area (Å²) in [6, 6.07) is 4.42. The number of ether oxygens (including phenoxy) is 2. The maximum atomic E-state index is 13.4. The zero-order chi connectivity index (χ0) is 14.8. The number of carbonyl (C=O) groups excluding carboxylic acids is 1. The van der Waals surface area contributed by atoms with Gasteiger partial charge in [0.15, 0.2) is 6.61 Å². The Balaban J connectivity index is 2.46. The summed E-state index contributed by atoms with van der Waals surface area (Å²) in [4.78, 5) is 11.4. The summed E-state index contributed by atoms with van der Waals surface area (Å²) in [7, 11) is 1.56. The van der Waals surface area contributed by atoms with E-state index in [0.717, 1.165) is 12.1 Å². The lowest BCUT2D eigenvalue weighted by atomic mass is 10.2. The number of hydrogen-bond donors (Lipinski definition) is 2. The van der Waals surface area contributed by atoms with E-state index in [1.165, 1.54) is 12.1 Å². The molecule has 0 aromatic heterocycles. The van der Waals surface area contributed by atoms with Crippen LogP contribution in [0.2, 0.25) is 0 Å². The molecule has 0 unspecified atom stereocenters. The fourth-order valence-corrected chi connectivity index (χ4v) is 1.57. The summed E-state index contributed by atoms with van der Waals surface area (Å²) in [5, 5.41) is 5.73. The number of methoxy groups -OCH3 is 1. The minimum absolute atomic E-state index is 0.145. The van der Waals surface area contributed by atoms with Gasteiger partial charge in [0.2, 0.25) is 0 Å². The van der Waals surface area contributed by atoms with E-state index in [0.29, 0.717) is 25.4 Å². The molecule has 5 nitrogen and oxygen atoms in total. The van der Waals surface area contributed by atoms with Crippen LogP contribution in [-0.2, 0) is 16.1 Å². The average molecular weight is 284 g/mol. The van der Waals surface area contributed by atoms with Crippen molar-refractivity contribution in [2.24, 2.45) is 0 Å². The normalized spacial score (nSPS) is 10.3. The van der Waals surface area contributed by atoms with Crippen molar-refractivity contribution in [1.82, 2.24) is 10.6 Å². The van der Waals surface area contributed by atoms with E-state index in [2.05, 4.69) is 10.6 Å². The number of nitrogens with one attached hydrogen (secondary N) is 2. The number of amides is 1. The van der Waals surface area contributed by atoms with Gasteiger partial charge >= 0.3 is 0 Å². The predicted molar refractivity (Wildman–Crippen MR) is 74.2 cm³/mol. The van der Waals surface area contributed by atoms with Gasteiger partial charge in [0, 0.05) is 26.3 Å². The molecule has 0 aliphatic heterocycles. The molecule has 20 heavy (non-hydrogen) atoms. The summed E-state index contributed by atoms with van der Waals surface area (Å²) < 4.78 is 23.5. The predicted octanol–water partition coefficient (Wildman–Crippen LogP) is 1.08. The van der Waals surface area contributed by atoms with E-state index in [4.69, 9.17) is 9.47 Å². The molecule has 0 saturated carbocycles. The number of carbonyl (C=O) groups is 1. The van der Waals surface area contributed by atoms with Crippen molar-refractivity contribution >= 4 is 5.91 Å². The average Bonchev–Trinajstić information content (AvgIpc) is 2.43. The zero-order valence-corrected chi connectivity index (χ0v) is 11.9. The number of benzene rings is 1. The Morgan fingerprint density at radius 2 is 2.15 bits per heavy atom. The molecule has 6 heteroatoms. The van der Waals surface area contributed by atoms with Crippen LogP contribution in [0.3, 0.4) is 0 Å². The second-order valence-electron chi connectivity index (χ2n) is 4.21. The smallest absolute Gasteiger partial charge is 0.258 e. The lowest BCUT2D eigenvalue weighted by Crippen LogP contribution is -2.31. The van der Waals surface area contributed by atoms with E-state index in [1.807, 2.05) is 6.92 Å². The van der Waals surface area contributed by atoms with Gasteiger partial charge in [0.05, 0.1) is 6.61 Å². The first kappa shape index (κ1) is 16.4. The molecule has 0 bridgehead atoms. The van der Waals surface area contributed by atoms with Gasteiger partial charge in [-0.25, -0.2) is 4.39 Å². The van der Waals surface area contributed by atoms with Gasteiger partial charge in [-0.05, 0) is 24.2 Å². The summed E-state index contributed by atoms with van der Waals surface area (Å²) >= 11 is 0. The fourth-order valence-electron chi connectivity index (χ4n) is 1.57. The Morgan fingerprint density at radius 1 is 1.35 bits per heavy atom. The topological polar surface area (TPSA) is 59.6 Å². The SMILES string of the molecule is CCNCc1cc(F)cc(OCC(=O)NCCOC)c1. The minimum Gasteiger partial charge on any atom is -0.484 e. The highest BCUT2D eigenvalue weighted by atomic mass is 19.1. The molecule has 0 radical (unpaired) electrons. The molecule has 1 rings (SSSR count). The fraction of sp³-hybridized carbons (Fsp3) is 0.500. The van der Waals surface area contributed by atoms with Crippen LogP contribution in [0.5, 0.6) is 5.75 Å². The standard InChI is InChI=1S/C14H21FN2O3/c1-3-16-9-11-6-12(15)8-13(7-11)20-10-14(18)17-4-5-19-2/h6-8,16H,3-5,9-10H2,1-2H3,(H,17,18). The Kier molecular flexibility index (Phi) is 7.60. The van der Waals surface area contributed by atoms with Crippen molar-refractivity contribution in [3.8, 4) is 5.75 Å². The quantitative estimate of drug-likeness (QED) is 0.666. The van der Waals surface area contributed by atoms with Crippen LogP contribution in [0.15, 0.2) is 18.2 Å². The van der Waals surface area contributed by atoms with Gasteiger partial charge < -0.3 is 20.1 Å². The van der Waals surface area contributed by atoms with E-state index < -0.39 is 0 Å². The van der Waals surface area contributed by atoms with Gasteiger partial charge in [0.25, 0.3) is 5.91 Å². The van der Waals surface area contributed by atoms with Gasteiger partial charge in [-0.1, -0.05) is 6.92 Å². The van der Waals surface area contributed by atoms with E-state index in [9.17, 15) is 9.18 Å². The van der Waals surface area contributed by atoms with Gasteiger partial charge in [-0.3, -0.25) is 4.79 Å². The van der Waals surface area contributed by atoms with Crippen LogP contribution in [0, 0.1) is 5.82 Å². The third-order valence-corrected chi connectivity index (χ3v) is 2.51. The zero-order valence-electron chi connectivity index (χ0n) is 11.9. The number of rotatable bonds is 9. The van der Waals surface area contributed by atoms with Crippen LogP contribution in [0.4, 0.5) is 4.39 Å². The highest BCUT2D eigenvalue weighted by molar-refractivity contribution is 5.77. The summed E-state index contributed by atoms with van der Waals surface area (Å²) in [6.07, 6.45) is 0. The van der Waals surface area contributed by atoms with Crippen LogP contribution in [-0.4, -0.2) is 39.3 Å². The third-order valence-electron chi connectivity index (χ3n) is 2.51. The number of hydrogen-bond acceptors (Lipinski definition) is 4. The maximum Gasteiger partial charge on any atom is 0.258 e. The van der Waals surface area contributed by atoms with Crippen LogP contribution in [0.1, 0.15) is 12.5 Å². The molecule has 2 N–H and O–H groups in total. The molecule has 0 spiro atoms. The highest BCUT2D eigenvalue weighted by Crippen LogP contribution is 2.16. The van der Waals surface area contributed by atoms with Crippen molar-refractivity contribution in [3.63, 3.8) is 0 Å². The Labute approximate surface area is 118 Å². The lowest BCUT2D eigenvalue weighted by Gasteiger charge is -2.09. The van der Waals surface area contributed by atoms with Crippen molar-refractivity contribution in [2.45, 2.75) is 13.5 Å². The second kappa shape index (κ2) is 9.28. The Hall–Kier alpha value is -1.66. The molecule has 0 aliphatic rings. The largest absolute Gasteiger partial charge is 0.484 e. The molecule has 112 valence electrons. The third kappa shape index (κ3) is 6.49. The van der Waals surface area contributed by atoms with Crippen molar-refractivity contribution < 1.29 is 18.7 Å². The molecule has 0 fully saturated rings. The van der Waals surface area contributed by atoms with E-state index in [-0.39, 0.29) is 18.3 Å². The van der Waals surface area contributed by atoms with Crippen molar-refractivity contribution in [3.05, 3.63) is 29.6 Å². The molecule has 1 amide bonds. The lowest BCUT2D eigenvalue weighted by molar-refractivity contribution is -0.123. The van der Waals surface area contributed by atoms with Gasteiger partial charge in [-0.2, -0.15) is 0 Å². The minimum atomic E-state index is -0.379. The van der Waals surface area contributed by atoms with Crippen molar-refractivity contribution in [1.29, 1.82) is 0 Å². The number of halogens is 1. The molecule has 0 heterocycles. The summed E-state index contributed by atoms with van der Waals surface area (Å²) in [6.45, 7) is 4.06. The molecule has 1 aromatic rings. The van der Waals surface area contributed by atoms with Gasteiger partial charge in [0.1, 0.15) is 11.6 Å². The molecule has 1 aromatic carbocycles. The molecular weight excluding hydrogens is 263 g/mol.